The second-order valence-corrected chi connectivity index (χ2v) is 5.37. The molecule has 0 radical (unpaired) electrons. The maximum absolute atomic E-state index is 11.8. The molecular weight excluding hydrogens is 284 g/mol. The van der Waals surface area contributed by atoms with Gasteiger partial charge in [-0.3, -0.25) is 0 Å². The molecular formula is C13H15ClN2O4. The summed E-state index contributed by atoms with van der Waals surface area (Å²) in [6, 6.07) is 5.88. The highest BCUT2D eigenvalue weighted by Gasteiger charge is 2.51. The molecule has 1 saturated carbocycles. The summed E-state index contributed by atoms with van der Waals surface area (Å²) < 4.78 is 0. The third-order valence-electron chi connectivity index (χ3n) is 3.40. The molecule has 2 rings (SSSR count). The molecule has 1 aromatic carbocycles. The zero-order chi connectivity index (χ0) is 14.8. The minimum atomic E-state index is -1.29. The first-order valence-corrected chi connectivity index (χ1v) is 6.52. The zero-order valence-corrected chi connectivity index (χ0v) is 11.4. The number of amides is 2. The van der Waals surface area contributed by atoms with Gasteiger partial charge in [0.15, 0.2) is 0 Å². The van der Waals surface area contributed by atoms with Crippen molar-refractivity contribution in [3.8, 4) is 0 Å². The van der Waals surface area contributed by atoms with E-state index in [1.807, 2.05) is 0 Å². The number of rotatable bonds is 4. The van der Waals surface area contributed by atoms with Crippen molar-refractivity contribution in [1.82, 2.24) is 5.32 Å². The predicted molar refractivity (Wildman–Crippen MR) is 73.8 cm³/mol. The number of hydrogen-bond donors (Lipinski definition) is 4. The molecule has 1 aliphatic carbocycles. The molecule has 1 aromatic rings. The first kappa shape index (κ1) is 14.6. The summed E-state index contributed by atoms with van der Waals surface area (Å²) in [6.07, 6.45) is 0.458. The van der Waals surface area contributed by atoms with Crippen LogP contribution in [0.5, 0.6) is 0 Å². The topological polar surface area (TPSA) is 98.7 Å². The number of carbonyl (C=O) groups excluding carboxylic acids is 1. The van der Waals surface area contributed by atoms with E-state index < -0.39 is 17.5 Å². The van der Waals surface area contributed by atoms with Crippen LogP contribution in [0.3, 0.4) is 0 Å². The molecule has 6 nitrogen and oxygen atoms in total. The van der Waals surface area contributed by atoms with E-state index in [-0.39, 0.29) is 25.4 Å². The minimum Gasteiger partial charge on any atom is -0.480 e. The molecule has 7 heteroatoms. The summed E-state index contributed by atoms with van der Waals surface area (Å²) in [7, 11) is 0. The number of carbonyl (C=O) groups is 2. The lowest BCUT2D eigenvalue weighted by atomic mass is 9.68. The number of benzene rings is 1. The van der Waals surface area contributed by atoms with Crippen molar-refractivity contribution >= 4 is 29.3 Å². The highest BCUT2D eigenvalue weighted by Crippen LogP contribution is 2.37. The van der Waals surface area contributed by atoms with Crippen LogP contribution in [0, 0.1) is 5.92 Å². The number of hydrogen-bond acceptors (Lipinski definition) is 3. The van der Waals surface area contributed by atoms with Crippen LogP contribution in [0.15, 0.2) is 24.3 Å². The Morgan fingerprint density at radius 2 is 1.90 bits per heavy atom. The van der Waals surface area contributed by atoms with Gasteiger partial charge in [-0.1, -0.05) is 11.6 Å². The van der Waals surface area contributed by atoms with Crippen molar-refractivity contribution in [3.63, 3.8) is 0 Å². The number of carboxylic acids is 1. The minimum absolute atomic E-state index is 0.0739. The normalized spacial score (nSPS) is 24.6. The summed E-state index contributed by atoms with van der Waals surface area (Å²) in [4.78, 5) is 23.1. The van der Waals surface area contributed by atoms with Gasteiger partial charge in [0.1, 0.15) is 5.54 Å². The quantitative estimate of drug-likeness (QED) is 0.680. The molecule has 0 bridgehead atoms. The van der Waals surface area contributed by atoms with Crippen LogP contribution >= 0.6 is 11.6 Å². The fourth-order valence-electron chi connectivity index (χ4n) is 2.30. The Kier molecular flexibility index (Phi) is 4.15. The second-order valence-electron chi connectivity index (χ2n) is 4.93. The Bertz CT molecular complexity index is 512. The van der Waals surface area contributed by atoms with Gasteiger partial charge in [-0.2, -0.15) is 0 Å². The molecule has 0 atom stereocenters. The van der Waals surface area contributed by atoms with Crippen molar-refractivity contribution in [3.05, 3.63) is 29.3 Å². The van der Waals surface area contributed by atoms with E-state index in [1.165, 1.54) is 0 Å². The summed E-state index contributed by atoms with van der Waals surface area (Å²) in [5.41, 5.74) is -0.769. The van der Waals surface area contributed by atoms with Gasteiger partial charge in [-0.25, -0.2) is 9.59 Å². The standard InChI is InChI=1S/C13H15ClN2O4/c14-9-1-3-10(4-2-9)15-12(20)16-13(11(18)19)5-8(6-13)7-17/h1-4,8,17H,5-7H2,(H,18,19)(H2,15,16,20). The summed E-state index contributed by atoms with van der Waals surface area (Å²) in [5, 5.41) is 23.7. The van der Waals surface area contributed by atoms with E-state index >= 15 is 0 Å². The molecule has 1 aliphatic rings. The van der Waals surface area contributed by atoms with Crippen LogP contribution in [0.25, 0.3) is 0 Å². The third kappa shape index (κ3) is 3.02. The molecule has 20 heavy (non-hydrogen) atoms. The summed E-state index contributed by atoms with van der Waals surface area (Å²) in [6.45, 7) is -0.0739. The second kappa shape index (κ2) is 5.68. The van der Waals surface area contributed by atoms with Gasteiger partial charge < -0.3 is 20.8 Å². The van der Waals surface area contributed by atoms with Gasteiger partial charge in [0.25, 0.3) is 0 Å². The molecule has 108 valence electrons. The molecule has 0 spiro atoms. The fraction of sp³-hybridized carbons (Fsp3) is 0.385. The summed E-state index contributed by atoms with van der Waals surface area (Å²) >= 11 is 5.73. The van der Waals surface area contributed by atoms with Crippen LogP contribution in [-0.4, -0.2) is 34.4 Å². The maximum Gasteiger partial charge on any atom is 0.329 e. The van der Waals surface area contributed by atoms with E-state index in [0.717, 1.165) is 0 Å². The molecule has 0 saturated heterocycles. The monoisotopic (exact) mass is 298 g/mol. The zero-order valence-electron chi connectivity index (χ0n) is 10.6. The Labute approximate surface area is 120 Å². The van der Waals surface area contributed by atoms with Crippen molar-refractivity contribution in [2.24, 2.45) is 5.92 Å². The number of urea groups is 1. The Morgan fingerprint density at radius 1 is 1.30 bits per heavy atom. The number of aliphatic carboxylic acids is 1. The third-order valence-corrected chi connectivity index (χ3v) is 3.65. The van der Waals surface area contributed by atoms with Gasteiger partial charge in [-0.05, 0) is 43.0 Å². The predicted octanol–water partition coefficient (Wildman–Crippen LogP) is 1.69. The molecule has 0 unspecified atom stereocenters. The number of anilines is 1. The lowest BCUT2D eigenvalue weighted by molar-refractivity contribution is -0.151. The molecule has 0 aromatic heterocycles. The smallest absolute Gasteiger partial charge is 0.329 e. The number of aliphatic hydroxyl groups excluding tert-OH is 1. The van der Waals surface area contributed by atoms with Crippen molar-refractivity contribution in [1.29, 1.82) is 0 Å². The van der Waals surface area contributed by atoms with Crippen LogP contribution in [0.4, 0.5) is 10.5 Å². The lowest BCUT2D eigenvalue weighted by Crippen LogP contribution is -2.63. The van der Waals surface area contributed by atoms with E-state index in [1.54, 1.807) is 24.3 Å². The van der Waals surface area contributed by atoms with E-state index in [4.69, 9.17) is 16.7 Å². The first-order chi connectivity index (χ1) is 9.45. The van der Waals surface area contributed by atoms with Crippen LogP contribution in [0.1, 0.15) is 12.8 Å². The SMILES string of the molecule is O=C(Nc1ccc(Cl)cc1)NC1(C(=O)O)CC(CO)C1. The number of nitrogens with one attached hydrogen (secondary N) is 2. The van der Waals surface area contributed by atoms with Gasteiger partial charge in [0.2, 0.25) is 0 Å². The van der Waals surface area contributed by atoms with Gasteiger partial charge in [-0.15, -0.1) is 0 Å². The number of halogens is 1. The fourth-order valence-corrected chi connectivity index (χ4v) is 2.42. The molecule has 2 amide bonds. The number of carboxylic acid groups (broad SMARTS) is 1. The average molecular weight is 299 g/mol. The molecule has 0 heterocycles. The lowest BCUT2D eigenvalue weighted by Gasteiger charge is -2.43. The average Bonchev–Trinajstić information content (AvgIpc) is 2.35. The highest BCUT2D eigenvalue weighted by molar-refractivity contribution is 6.30. The molecule has 0 aliphatic heterocycles. The van der Waals surface area contributed by atoms with E-state index in [0.29, 0.717) is 10.7 Å². The Morgan fingerprint density at radius 3 is 2.40 bits per heavy atom. The van der Waals surface area contributed by atoms with Gasteiger partial charge >= 0.3 is 12.0 Å². The van der Waals surface area contributed by atoms with E-state index in [9.17, 15) is 14.7 Å². The number of aliphatic hydroxyl groups is 1. The first-order valence-electron chi connectivity index (χ1n) is 6.14. The van der Waals surface area contributed by atoms with Crippen molar-refractivity contribution in [2.75, 3.05) is 11.9 Å². The van der Waals surface area contributed by atoms with Crippen molar-refractivity contribution in [2.45, 2.75) is 18.4 Å². The van der Waals surface area contributed by atoms with Crippen LogP contribution in [-0.2, 0) is 4.79 Å². The highest BCUT2D eigenvalue weighted by atomic mass is 35.5. The largest absolute Gasteiger partial charge is 0.480 e. The van der Waals surface area contributed by atoms with Gasteiger partial charge in [0.05, 0.1) is 0 Å². The Balaban J connectivity index is 1.96. The molecule has 1 fully saturated rings. The van der Waals surface area contributed by atoms with Crippen molar-refractivity contribution < 1.29 is 19.8 Å². The molecule has 4 N–H and O–H groups in total. The van der Waals surface area contributed by atoms with Crippen LogP contribution < -0.4 is 10.6 Å². The summed E-state index contributed by atoms with van der Waals surface area (Å²) in [5.74, 6) is -1.17. The maximum atomic E-state index is 11.8. The van der Waals surface area contributed by atoms with E-state index in [2.05, 4.69) is 10.6 Å². The van der Waals surface area contributed by atoms with Crippen LogP contribution in [0.2, 0.25) is 5.02 Å². The van der Waals surface area contributed by atoms with Gasteiger partial charge in [0, 0.05) is 17.3 Å². The Hall–Kier alpha value is -1.79.